The van der Waals surface area contributed by atoms with Gasteiger partial charge in [0.25, 0.3) is 0 Å². The van der Waals surface area contributed by atoms with Gasteiger partial charge in [0.05, 0.1) is 6.26 Å². The second kappa shape index (κ2) is 4.21. The van der Waals surface area contributed by atoms with Gasteiger partial charge in [0.2, 0.25) is 10.0 Å². The molecule has 1 fully saturated rings. The van der Waals surface area contributed by atoms with Crippen LogP contribution in [0.1, 0.15) is 0 Å². The molecule has 1 aliphatic heterocycles. The Labute approximate surface area is 93.0 Å². The lowest BCUT2D eigenvalue weighted by molar-refractivity contribution is 0.288. The van der Waals surface area contributed by atoms with Crippen LogP contribution in [0, 0.1) is 0 Å². The first-order chi connectivity index (χ1) is 6.21. The molecule has 0 aromatic heterocycles. The van der Waals surface area contributed by atoms with Gasteiger partial charge in [-0.3, -0.25) is 4.31 Å². The molecule has 1 saturated heterocycles. The first-order valence-electron chi connectivity index (χ1n) is 4.37. The van der Waals surface area contributed by atoms with Gasteiger partial charge in [0, 0.05) is 26.2 Å². The normalized spacial score (nSPS) is 23.7. The maximum absolute atomic E-state index is 11.2. The molecule has 0 N–H and O–H groups in total. The molecule has 7 heteroatoms. The lowest BCUT2D eigenvalue weighted by atomic mass is 10.4. The van der Waals surface area contributed by atoms with Crippen molar-refractivity contribution in [3.63, 3.8) is 0 Å². The van der Waals surface area contributed by atoms with E-state index in [0.717, 1.165) is 13.1 Å². The van der Waals surface area contributed by atoms with Crippen molar-refractivity contribution >= 4 is 30.9 Å². The second-order valence-electron chi connectivity index (χ2n) is 3.81. The van der Waals surface area contributed by atoms with Crippen molar-refractivity contribution in [1.29, 1.82) is 0 Å². The van der Waals surface area contributed by atoms with Crippen LogP contribution in [0.15, 0.2) is 0 Å². The van der Waals surface area contributed by atoms with Crippen molar-refractivity contribution in [1.82, 2.24) is 8.61 Å². The summed E-state index contributed by atoms with van der Waals surface area (Å²) in [6, 6.07) is 0. The van der Waals surface area contributed by atoms with Crippen LogP contribution in [0.3, 0.4) is 0 Å². The third-order valence-electron chi connectivity index (χ3n) is 2.30. The summed E-state index contributed by atoms with van der Waals surface area (Å²) >= 11 is 4.54. The Bertz CT molecular complexity index is 289. The summed E-state index contributed by atoms with van der Waals surface area (Å²) in [6.45, 7) is 2.77. The van der Waals surface area contributed by atoms with E-state index in [-0.39, 0.29) is 0 Å². The van der Waals surface area contributed by atoms with Crippen LogP contribution in [-0.2, 0) is 10.0 Å². The first-order valence-corrected chi connectivity index (χ1v) is 9.68. The molecule has 86 valence electrons. The maximum Gasteiger partial charge on any atom is 0.211 e. The molecule has 0 saturated carbocycles. The van der Waals surface area contributed by atoms with Crippen molar-refractivity contribution in [3.8, 4) is 0 Å². The molecule has 4 nitrogen and oxygen atoms in total. The molecule has 0 aromatic carbocycles. The van der Waals surface area contributed by atoms with E-state index >= 15 is 0 Å². The van der Waals surface area contributed by atoms with Crippen molar-refractivity contribution in [2.45, 2.75) is 0 Å². The monoisotopic (exact) mass is 258 g/mol. The summed E-state index contributed by atoms with van der Waals surface area (Å²) in [4.78, 5) is 0. The average molecular weight is 258 g/mol. The van der Waals surface area contributed by atoms with Gasteiger partial charge in [0.15, 0.2) is 0 Å². The molecule has 1 heterocycles. The fourth-order valence-corrected chi connectivity index (χ4v) is 3.82. The van der Waals surface area contributed by atoms with Gasteiger partial charge in [-0.1, -0.05) is 0 Å². The van der Waals surface area contributed by atoms with Gasteiger partial charge in [0.1, 0.15) is 0 Å². The number of nitrogens with zero attached hydrogens (tertiary/aromatic N) is 2. The van der Waals surface area contributed by atoms with Crippen LogP contribution in [-0.4, -0.2) is 62.0 Å². The summed E-state index contributed by atoms with van der Waals surface area (Å²) in [5.74, 6) is 0. The number of hydrogen-bond donors (Lipinski definition) is 1. The third-order valence-corrected chi connectivity index (χ3v) is 5.92. The van der Waals surface area contributed by atoms with E-state index in [0.29, 0.717) is 13.1 Å². The highest BCUT2D eigenvalue weighted by atomic mass is 33.1. The smallest absolute Gasteiger partial charge is 0.211 e. The number of hydrogen-bond acceptors (Lipinski definition) is 4. The Kier molecular flexibility index (Phi) is 3.80. The van der Waals surface area contributed by atoms with E-state index in [1.54, 1.807) is 0 Å². The average Bonchev–Trinajstić information content (AvgIpc) is 2.01. The topological polar surface area (TPSA) is 40.6 Å². The molecule has 0 radical (unpaired) electrons. The van der Waals surface area contributed by atoms with Crippen LogP contribution in [0.2, 0.25) is 0 Å². The van der Waals surface area contributed by atoms with Crippen LogP contribution in [0.25, 0.3) is 0 Å². The summed E-state index contributed by atoms with van der Waals surface area (Å²) in [7, 11) is -3.99. The summed E-state index contributed by atoms with van der Waals surface area (Å²) < 4.78 is 26.3. The maximum atomic E-state index is 11.2. The third kappa shape index (κ3) is 3.30. The molecule has 0 atom stereocenters. The largest absolute Gasteiger partial charge is 0.257 e. The molecule has 0 spiro atoms. The zero-order valence-corrected chi connectivity index (χ0v) is 11.3. The summed E-state index contributed by atoms with van der Waals surface area (Å²) in [6.07, 6.45) is 5.47. The van der Waals surface area contributed by atoms with Crippen molar-refractivity contribution in [2.75, 3.05) is 44.9 Å². The van der Waals surface area contributed by atoms with Crippen LogP contribution in [0.4, 0.5) is 0 Å². The van der Waals surface area contributed by atoms with Gasteiger partial charge in [-0.25, -0.2) is 8.42 Å². The SMILES string of the molecule is CS(C)(S)N1CCN(S(C)(=O)=O)CC1. The summed E-state index contributed by atoms with van der Waals surface area (Å²) in [5, 5.41) is 0. The van der Waals surface area contributed by atoms with E-state index in [4.69, 9.17) is 0 Å². The molecule has 1 aliphatic rings. The van der Waals surface area contributed by atoms with Crippen molar-refractivity contribution in [2.24, 2.45) is 0 Å². The Morgan fingerprint density at radius 1 is 0.929 bits per heavy atom. The van der Waals surface area contributed by atoms with Gasteiger partial charge in [-0.2, -0.15) is 4.31 Å². The fraction of sp³-hybridized carbons (Fsp3) is 1.00. The predicted molar refractivity (Wildman–Crippen MR) is 66.4 cm³/mol. The predicted octanol–water partition coefficient (Wildman–Crippen LogP) is 0.388. The lowest BCUT2D eigenvalue weighted by Gasteiger charge is -2.43. The molecular formula is C7H18N2O2S3. The number of rotatable bonds is 2. The molecule has 0 aromatic rings. The summed E-state index contributed by atoms with van der Waals surface area (Å²) in [5.41, 5.74) is 0. The molecule has 0 bridgehead atoms. The van der Waals surface area contributed by atoms with E-state index in [9.17, 15) is 8.42 Å². The second-order valence-corrected chi connectivity index (χ2v) is 11.4. The van der Waals surface area contributed by atoms with Crippen LogP contribution in [0.5, 0.6) is 0 Å². The number of piperazine rings is 1. The molecule has 0 amide bonds. The fourth-order valence-electron chi connectivity index (χ4n) is 1.45. The highest BCUT2D eigenvalue weighted by molar-refractivity contribution is 8.86. The highest BCUT2D eigenvalue weighted by Gasteiger charge is 2.27. The number of sulfonamides is 1. The standard InChI is InChI=1S/C7H18N2O2S3/c1-13(2,12)8-4-6-9(7-5-8)14(3,10)11/h12H,4-7H2,1-3H3. The minimum absolute atomic E-state index is 0.593. The molecule has 0 unspecified atom stereocenters. The quantitative estimate of drug-likeness (QED) is 0.575. The first kappa shape index (κ1) is 12.6. The molecule has 1 rings (SSSR count). The lowest BCUT2D eigenvalue weighted by Crippen LogP contribution is -2.47. The zero-order chi connectivity index (χ0) is 11.0. The Balaban J connectivity index is 2.56. The van der Waals surface area contributed by atoms with E-state index < -0.39 is 19.3 Å². The van der Waals surface area contributed by atoms with Gasteiger partial charge in [-0.05, 0) is 12.5 Å². The molecular weight excluding hydrogens is 240 g/mol. The van der Waals surface area contributed by atoms with Crippen LogP contribution >= 0.6 is 20.9 Å². The molecule has 14 heavy (non-hydrogen) atoms. The van der Waals surface area contributed by atoms with Gasteiger partial charge in [-0.15, -0.1) is 20.9 Å². The van der Waals surface area contributed by atoms with Crippen LogP contribution < -0.4 is 0 Å². The van der Waals surface area contributed by atoms with Gasteiger partial charge < -0.3 is 0 Å². The molecule has 0 aliphatic carbocycles. The van der Waals surface area contributed by atoms with E-state index in [2.05, 4.69) is 28.5 Å². The van der Waals surface area contributed by atoms with E-state index in [1.165, 1.54) is 10.6 Å². The van der Waals surface area contributed by atoms with E-state index in [1.807, 2.05) is 0 Å². The Hall–Kier alpha value is 0.570. The van der Waals surface area contributed by atoms with Gasteiger partial charge >= 0.3 is 0 Å². The zero-order valence-electron chi connectivity index (χ0n) is 8.80. The highest BCUT2D eigenvalue weighted by Crippen LogP contribution is 2.48. The Morgan fingerprint density at radius 3 is 1.57 bits per heavy atom. The Morgan fingerprint density at radius 2 is 1.29 bits per heavy atom. The minimum atomic E-state index is -3.00. The van der Waals surface area contributed by atoms with Crippen molar-refractivity contribution < 1.29 is 8.42 Å². The minimum Gasteiger partial charge on any atom is -0.257 e. The number of thiol groups is 1. The van der Waals surface area contributed by atoms with Crippen molar-refractivity contribution in [3.05, 3.63) is 0 Å².